The van der Waals surface area contributed by atoms with Gasteiger partial charge in [-0.15, -0.1) is 0 Å². The van der Waals surface area contributed by atoms with E-state index in [0.717, 1.165) is 38.7 Å². The minimum absolute atomic E-state index is 0.237. The number of aromatic nitrogens is 2. The van der Waals surface area contributed by atoms with Crippen LogP contribution in [0.15, 0.2) is 18.5 Å². The number of hydrogen-bond donors (Lipinski definition) is 1. The van der Waals surface area contributed by atoms with Crippen molar-refractivity contribution in [1.82, 2.24) is 14.9 Å². The Kier molecular flexibility index (Phi) is 3.87. The van der Waals surface area contributed by atoms with Crippen LogP contribution in [0.5, 0.6) is 0 Å². The van der Waals surface area contributed by atoms with Crippen molar-refractivity contribution in [2.75, 3.05) is 37.6 Å². The number of anilines is 1. The number of primary amides is 1. The number of piperazine rings is 1. The van der Waals surface area contributed by atoms with E-state index in [2.05, 4.69) is 19.8 Å². The fourth-order valence-electron chi connectivity index (χ4n) is 1.89. The highest BCUT2D eigenvalue weighted by molar-refractivity contribution is 5.73. The zero-order valence-corrected chi connectivity index (χ0v) is 9.75. The van der Waals surface area contributed by atoms with Crippen molar-refractivity contribution in [1.29, 1.82) is 0 Å². The summed E-state index contributed by atoms with van der Waals surface area (Å²) in [7, 11) is 0. The van der Waals surface area contributed by atoms with Crippen LogP contribution in [-0.4, -0.2) is 53.5 Å². The standard InChI is InChI=1S/C11H17N5O/c12-10(17)2-5-15-6-8-16(9-7-15)11-13-3-1-4-14-11/h1,3-4H,2,5-9H2,(H2,12,17). The van der Waals surface area contributed by atoms with Crippen molar-refractivity contribution in [3.63, 3.8) is 0 Å². The largest absolute Gasteiger partial charge is 0.370 e. The average molecular weight is 235 g/mol. The van der Waals surface area contributed by atoms with Gasteiger partial charge in [0.2, 0.25) is 11.9 Å². The highest BCUT2D eigenvalue weighted by Gasteiger charge is 2.18. The summed E-state index contributed by atoms with van der Waals surface area (Å²) in [4.78, 5) is 23.5. The third-order valence-electron chi connectivity index (χ3n) is 2.88. The van der Waals surface area contributed by atoms with Crippen LogP contribution >= 0.6 is 0 Å². The number of carbonyl (C=O) groups is 1. The maximum absolute atomic E-state index is 10.7. The number of amides is 1. The fourth-order valence-corrected chi connectivity index (χ4v) is 1.89. The van der Waals surface area contributed by atoms with Crippen molar-refractivity contribution in [2.45, 2.75) is 6.42 Å². The van der Waals surface area contributed by atoms with Gasteiger partial charge in [-0.2, -0.15) is 0 Å². The van der Waals surface area contributed by atoms with Crippen molar-refractivity contribution in [3.8, 4) is 0 Å². The first-order valence-corrected chi connectivity index (χ1v) is 5.78. The van der Waals surface area contributed by atoms with Crippen LogP contribution in [0, 0.1) is 0 Å². The Labute approximate surface area is 100 Å². The summed E-state index contributed by atoms with van der Waals surface area (Å²) in [6.07, 6.45) is 3.94. The predicted octanol–water partition coefficient (Wildman–Crippen LogP) is -0.526. The van der Waals surface area contributed by atoms with Crippen LogP contribution in [0.25, 0.3) is 0 Å². The Bertz CT molecular complexity index is 361. The summed E-state index contributed by atoms with van der Waals surface area (Å²) in [5, 5.41) is 0. The van der Waals surface area contributed by atoms with Gasteiger partial charge in [-0.25, -0.2) is 9.97 Å². The summed E-state index contributed by atoms with van der Waals surface area (Å²) < 4.78 is 0. The average Bonchev–Trinajstić information content (AvgIpc) is 2.38. The van der Waals surface area contributed by atoms with Crippen LogP contribution in [0.3, 0.4) is 0 Å². The molecule has 17 heavy (non-hydrogen) atoms. The molecular weight excluding hydrogens is 218 g/mol. The van der Waals surface area contributed by atoms with Gasteiger partial charge in [-0.3, -0.25) is 9.69 Å². The van der Waals surface area contributed by atoms with Crippen LogP contribution in [-0.2, 0) is 4.79 Å². The summed E-state index contributed by atoms with van der Waals surface area (Å²) >= 11 is 0. The Hall–Kier alpha value is -1.69. The fraction of sp³-hybridized carbons (Fsp3) is 0.545. The molecule has 1 aliphatic heterocycles. The second kappa shape index (κ2) is 5.58. The number of hydrogen-bond acceptors (Lipinski definition) is 5. The Morgan fingerprint density at radius 2 is 1.88 bits per heavy atom. The molecule has 92 valence electrons. The van der Waals surface area contributed by atoms with Crippen molar-refractivity contribution in [3.05, 3.63) is 18.5 Å². The second-order valence-corrected chi connectivity index (χ2v) is 4.09. The first kappa shape index (κ1) is 11.8. The van der Waals surface area contributed by atoms with E-state index in [4.69, 9.17) is 5.73 Å². The van der Waals surface area contributed by atoms with Gasteiger partial charge < -0.3 is 10.6 Å². The third kappa shape index (κ3) is 3.39. The van der Waals surface area contributed by atoms with Gasteiger partial charge in [0.05, 0.1) is 0 Å². The lowest BCUT2D eigenvalue weighted by atomic mass is 10.3. The molecule has 1 aromatic rings. The number of nitrogens with zero attached hydrogens (tertiary/aromatic N) is 4. The van der Waals surface area contributed by atoms with E-state index in [0.29, 0.717) is 6.42 Å². The molecule has 1 aliphatic rings. The SMILES string of the molecule is NC(=O)CCN1CCN(c2ncccn2)CC1. The summed E-state index contributed by atoms with van der Waals surface area (Å²) in [6.45, 7) is 4.38. The maximum atomic E-state index is 10.7. The highest BCUT2D eigenvalue weighted by atomic mass is 16.1. The van der Waals surface area contributed by atoms with E-state index in [1.165, 1.54) is 0 Å². The summed E-state index contributed by atoms with van der Waals surface area (Å²) in [5.41, 5.74) is 5.13. The molecule has 0 atom stereocenters. The van der Waals surface area contributed by atoms with Crippen LogP contribution in [0.4, 0.5) is 5.95 Å². The smallest absolute Gasteiger partial charge is 0.225 e. The molecular formula is C11H17N5O. The van der Waals surface area contributed by atoms with Gasteiger partial charge in [0.1, 0.15) is 0 Å². The predicted molar refractivity (Wildman–Crippen MR) is 64.5 cm³/mol. The first-order valence-electron chi connectivity index (χ1n) is 5.78. The topological polar surface area (TPSA) is 75.4 Å². The Morgan fingerprint density at radius 3 is 2.47 bits per heavy atom. The lowest BCUT2D eigenvalue weighted by Gasteiger charge is -2.34. The molecule has 2 N–H and O–H groups in total. The van der Waals surface area contributed by atoms with E-state index in [1.807, 2.05) is 6.07 Å². The van der Waals surface area contributed by atoms with Crippen LogP contribution in [0.1, 0.15) is 6.42 Å². The first-order chi connectivity index (χ1) is 8.25. The highest BCUT2D eigenvalue weighted by Crippen LogP contribution is 2.09. The van der Waals surface area contributed by atoms with E-state index >= 15 is 0 Å². The molecule has 0 aromatic carbocycles. The van der Waals surface area contributed by atoms with Gasteiger partial charge in [-0.05, 0) is 6.07 Å². The van der Waals surface area contributed by atoms with Crippen molar-refractivity contribution < 1.29 is 4.79 Å². The van der Waals surface area contributed by atoms with Crippen LogP contribution < -0.4 is 10.6 Å². The molecule has 0 spiro atoms. The molecule has 2 heterocycles. The zero-order valence-electron chi connectivity index (χ0n) is 9.75. The molecule has 6 heteroatoms. The van der Waals surface area contributed by atoms with Gasteiger partial charge in [0.15, 0.2) is 0 Å². The van der Waals surface area contributed by atoms with Gasteiger partial charge in [0, 0.05) is 51.5 Å². The molecule has 2 rings (SSSR count). The normalized spacial score (nSPS) is 17.1. The van der Waals surface area contributed by atoms with Crippen molar-refractivity contribution >= 4 is 11.9 Å². The molecule has 1 amide bonds. The van der Waals surface area contributed by atoms with Gasteiger partial charge >= 0.3 is 0 Å². The van der Waals surface area contributed by atoms with Gasteiger partial charge in [0.25, 0.3) is 0 Å². The summed E-state index contributed by atoms with van der Waals surface area (Å²) in [5.74, 6) is 0.542. The maximum Gasteiger partial charge on any atom is 0.225 e. The van der Waals surface area contributed by atoms with Gasteiger partial charge in [-0.1, -0.05) is 0 Å². The molecule has 0 radical (unpaired) electrons. The molecule has 1 saturated heterocycles. The Morgan fingerprint density at radius 1 is 1.24 bits per heavy atom. The molecule has 1 aromatic heterocycles. The molecule has 0 aliphatic carbocycles. The van der Waals surface area contributed by atoms with E-state index in [-0.39, 0.29) is 5.91 Å². The minimum atomic E-state index is -0.237. The molecule has 6 nitrogen and oxygen atoms in total. The van der Waals surface area contributed by atoms with E-state index in [9.17, 15) is 4.79 Å². The number of nitrogens with two attached hydrogens (primary N) is 1. The molecule has 0 unspecified atom stereocenters. The Balaban J connectivity index is 1.80. The molecule has 0 bridgehead atoms. The second-order valence-electron chi connectivity index (χ2n) is 4.09. The monoisotopic (exact) mass is 235 g/mol. The number of carbonyl (C=O) groups excluding carboxylic acids is 1. The quantitative estimate of drug-likeness (QED) is 0.759. The zero-order chi connectivity index (χ0) is 12.1. The molecule has 0 saturated carbocycles. The lowest BCUT2D eigenvalue weighted by molar-refractivity contribution is -0.118. The van der Waals surface area contributed by atoms with Crippen LogP contribution in [0.2, 0.25) is 0 Å². The van der Waals surface area contributed by atoms with Crippen molar-refractivity contribution in [2.24, 2.45) is 5.73 Å². The van der Waals surface area contributed by atoms with E-state index < -0.39 is 0 Å². The van der Waals surface area contributed by atoms with E-state index in [1.54, 1.807) is 12.4 Å². The molecule has 1 fully saturated rings. The summed E-state index contributed by atoms with van der Waals surface area (Å²) in [6, 6.07) is 1.81. The number of rotatable bonds is 4. The third-order valence-corrected chi connectivity index (χ3v) is 2.88. The lowest BCUT2D eigenvalue weighted by Crippen LogP contribution is -2.47. The minimum Gasteiger partial charge on any atom is -0.370 e.